The van der Waals surface area contributed by atoms with Crippen molar-refractivity contribution in [2.75, 3.05) is 12.4 Å². The second-order valence-corrected chi connectivity index (χ2v) is 5.13. The molecule has 1 aliphatic carbocycles. The van der Waals surface area contributed by atoms with Gasteiger partial charge in [-0.2, -0.15) is 5.10 Å². The van der Waals surface area contributed by atoms with Gasteiger partial charge in [-0.15, -0.1) is 11.6 Å². The molecule has 1 aliphatic rings. The van der Waals surface area contributed by atoms with E-state index in [0.717, 1.165) is 18.9 Å². The Morgan fingerprint density at radius 2 is 2.18 bits per heavy atom. The summed E-state index contributed by atoms with van der Waals surface area (Å²) in [6, 6.07) is 0.680. The maximum Gasteiger partial charge on any atom is 0.140 e. The zero-order chi connectivity index (χ0) is 12.1. The summed E-state index contributed by atoms with van der Waals surface area (Å²) in [5, 5.41) is 4.12. The molecule has 0 radical (unpaired) electrons. The summed E-state index contributed by atoms with van der Waals surface area (Å²) >= 11 is 5.91. The van der Waals surface area contributed by atoms with E-state index in [1.807, 2.05) is 11.7 Å². The molecule has 0 saturated heterocycles. The Kier molecular flexibility index (Phi) is 4.80. The van der Waals surface area contributed by atoms with Gasteiger partial charge in [0.05, 0.1) is 6.54 Å². The Bertz CT molecular complexity index is 333. The Labute approximate surface area is 108 Å². The van der Waals surface area contributed by atoms with Gasteiger partial charge >= 0.3 is 0 Å². The van der Waals surface area contributed by atoms with E-state index >= 15 is 0 Å². The Morgan fingerprint density at radius 1 is 1.41 bits per heavy atom. The third kappa shape index (κ3) is 3.42. The summed E-state index contributed by atoms with van der Waals surface area (Å²) in [6.45, 7) is 1.81. The normalized spacial score (nSPS) is 17.8. The first kappa shape index (κ1) is 12.8. The average molecular weight is 257 g/mol. The van der Waals surface area contributed by atoms with Gasteiger partial charge in [-0.1, -0.05) is 19.3 Å². The lowest BCUT2D eigenvalue weighted by atomic mass is 9.94. The van der Waals surface area contributed by atoms with Crippen LogP contribution in [0.1, 0.15) is 37.9 Å². The van der Waals surface area contributed by atoms with Gasteiger partial charge in [0, 0.05) is 25.5 Å². The molecule has 1 heterocycles. The lowest BCUT2D eigenvalue weighted by Crippen LogP contribution is -2.38. The van der Waals surface area contributed by atoms with Crippen molar-refractivity contribution in [1.29, 1.82) is 0 Å². The topological polar surface area (TPSA) is 34.0 Å². The second-order valence-electron chi connectivity index (χ2n) is 4.75. The van der Waals surface area contributed by atoms with Crippen molar-refractivity contribution in [2.24, 2.45) is 7.05 Å². The molecule has 0 atom stereocenters. The van der Waals surface area contributed by atoms with Crippen LogP contribution < -0.4 is 0 Å². The highest BCUT2D eigenvalue weighted by Crippen LogP contribution is 2.23. The minimum atomic E-state index is 0.680. The summed E-state index contributed by atoms with van der Waals surface area (Å²) in [5.74, 6) is 1.72. The van der Waals surface area contributed by atoms with Crippen molar-refractivity contribution in [2.45, 2.75) is 44.7 Å². The maximum absolute atomic E-state index is 5.91. The van der Waals surface area contributed by atoms with Gasteiger partial charge in [0.25, 0.3) is 0 Å². The first-order chi connectivity index (χ1) is 8.31. The molecule has 0 bridgehead atoms. The standard InChI is InChI=1S/C12H21ClN4/c1-16-12(14-10-15-16)9-17(8-7-13)11-5-3-2-4-6-11/h10-11H,2-9H2,1H3. The fraction of sp³-hybridized carbons (Fsp3) is 0.833. The van der Waals surface area contributed by atoms with Crippen molar-refractivity contribution in [1.82, 2.24) is 19.7 Å². The molecule has 17 heavy (non-hydrogen) atoms. The predicted molar refractivity (Wildman–Crippen MR) is 69.0 cm³/mol. The van der Waals surface area contributed by atoms with E-state index in [9.17, 15) is 0 Å². The second kappa shape index (κ2) is 6.36. The third-order valence-corrected chi connectivity index (χ3v) is 3.78. The number of aryl methyl sites for hydroxylation is 1. The highest BCUT2D eigenvalue weighted by Gasteiger charge is 2.21. The van der Waals surface area contributed by atoms with Crippen molar-refractivity contribution in [3.05, 3.63) is 12.2 Å². The van der Waals surface area contributed by atoms with E-state index in [4.69, 9.17) is 11.6 Å². The summed E-state index contributed by atoms with van der Waals surface area (Å²) in [7, 11) is 1.95. The predicted octanol–water partition coefficient (Wildman–Crippen LogP) is 2.19. The van der Waals surface area contributed by atoms with Crippen LogP contribution in [0.4, 0.5) is 0 Å². The van der Waals surface area contributed by atoms with Crippen LogP contribution in [0, 0.1) is 0 Å². The first-order valence-electron chi connectivity index (χ1n) is 6.44. The van der Waals surface area contributed by atoms with Crippen molar-refractivity contribution in [3.63, 3.8) is 0 Å². The average Bonchev–Trinajstić information content (AvgIpc) is 2.76. The lowest BCUT2D eigenvalue weighted by molar-refractivity contribution is 0.151. The molecule has 0 amide bonds. The molecule has 4 nitrogen and oxygen atoms in total. The van der Waals surface area contributed by atoms with E-state index in [1.165, 1.54) is 32.1 Å². The van der Waals surface area contributed by atoms with E-state index in [0.29, 0.717) is 11.9 Å². The maximum atomic E-state index is 5.91. The SMILES string of the molecule is Cn1ncnc1CN(CCCl)C1CCCCC1. The minimum absolute atomic E-state index is 0.680. The molecule has 0 N–H and O–H groups in total. The monoisotopic (exact) mass is 256 g/mol. The summed E-state index contributed by atoms with van der Waals surface area (Å²) < 4.78 is 1.85. The zero-order valence-electron chi connectivity index (χ0n) is 10.5. The lowest BCUT2D eigenvalue weighted by Gasteiger charge is -2.33. The molecular weight excluding hydrogens is 236 g/mol. The highest BCUT2D eigenvalue weighted by atomic mass is 35.5. The van der Waals surface area contributed by atoms with Gasteiger partial charge in [-0.25, -0.2) is 4.98 Å². The molecule has 1 aromatic rings. The molecule has 0 aliphatic heterocycles. The molecule has 96 valence electrons. The van der Waals surface area contributed by atoms with Crippen molar-refractivity contribution >= 4 is 11.6 Å². The molecule has 1 aromatic heterocycles. The van der Waals surface area contributed by atoms with E-state index in [-0.39, 0.29) is 0 Å². The fourth-order valence-electron chi connectivity index (χ4n) is 2.59. The van der Waals surface area contributed by atoms with Crippen LogP contribution >= 0.6 is 11.6 Å². The zero-order valence-corrected chi connectivity index (χ0v) is 11.2. The molecule has 0 aromatic carbocycles. The van der Waals surface area contributed by atoms with Gasteiger partial charge in [-0.05, 0) is 12.8 Å². The molecule has 2 rings (SSSR count). The number of hydrogen-bond donors (Lipinski definition) is 0. The molecule has 5 heteroatoms. The van der Waals surface area contributed by atoms with Crippen molar-refractivity contribution in [3.8, 4) is 0 Å². The van der Waals surface area contributed by atoms with Crippen LogP contribution in [0.5, 0.6) is 0 Å². The Balaban J connectivity index is 1.98. The molecule has 1 saturated carbocycles. The number of hydrogen-bond acceptors (Lipinski definition) is 3. The van der Waals surface area contributed by atoms with Crippen LogP contribution in [0.3, 0.4) is 0 Å². The van der Waals surface area contributed by atoms with Crippen LogP contribution in [-0.2, 0) is 13.6 Å². The summed E-state index contributed by atoms with van der Waals surface area (Å²) in [4.78, 5) is 6.77. The number of alkyl halides is 1. The first-order valence-corrected chi connectivity index (χ1v) is 6.97. The van der Waals surface area contributed by atoms with Gasteiger partial charge in [0.15, 0.2) is 0 Å². The number of rotatable bonds is 5. The minimum Gasteiger partial charge on any atom is -0.292 e. The quantitative estimate of drug-likeness (QED) is 0.758. The Morgan fingerprint density at radius 3 is 2.76 bits per heavy atom. The molecule has 1 fully saturated rings. The number of aromatic nitrogens is 3. The van der Waals surface area contributed by atoms with Crippen LogP contribution in [0.2, 0.25) is 0 Å². The van der Waals surface area contributed by atoms with E-state index in [1.54, 1.807) is 6.33 Å². The summed E-state index contributed by atoms with van der Waals surface area (Å²) in [6.07, 6.45) is 8.30. The fourth-order valence-corrected chi connectivity index (χ4v) is 2.81. The third-order valence-electron chi connectivity index (χ3n) is 3.61. The van der Waals surface area contributed by atoms with Crippen LogP contribution in [-0.4, -0.2) is 38.1 Å². The van der Waals surface area contributed by atoms with Gasteiger partial charge in [0.1, 0.15) is 12.2 Å². The largest absolute Gasteiger partial charge is 0.292 e. The van der Waals surface area contributed by atoms with Gasteiger partial charge in [0.2, 0.25) is 0 Å². The molecule has 0 unspecified atom stereocenters. The molecular formula is C12H21ClN4. The van der Waals surface area contributed by atoms with Crippen LogP contribution in [0.15, 0.2) is 6.33 Å². The highest BCUT2D eigenvalue weighted by molar-refractivity contribution is 6.18. The van der Waals surface area contributed by atoms with Crippen molar-refractivity contribution < 1.29 is 0 Å². The number of halogens is 1. The van der Waals surface area contributed by atoms with Gasteiger partial charge in [-0.3, -0.25) is 9.58 Å². The smallest absolute Gasteiger partial charge is 0.140 e. The van der Waals surface area contributed by atoms with E-state index < -0.39 is 0 Å². The summed E-state index contributed by atoms with van der Waals surface area (Å²) in [5.41, 5.74) is 0. The van der Waals surface area contributed by atoms with E-state index in [2.05, 4.69) is 15.0 Å². The van der Waals surface area contributed by atoms with Crippen LogP contribution in [0.25, 0.3) is 0 Å². The molecule has 0 spiro atoms. The Hall–Kier alpha value is -0.610. The van der Waals surface area contributed by atoms with Gasteiger partial charge < -0.3 is 0 Å². The number of nitrogens with zero attached hydrogens (tertiary/aromatic N) is 4.